The van der Waals surface area contributed by atoms with Gasteiger partial charge < -0.3 is 9.30 Å². The van der Waals surface area contributed by atoms with Crippen LogP contribution in [-0.2, 0) is 11.3 Å². The molecule has 0 radical (unpaired) electrons. The lowest BCUT2D eigenvalue weighted by Gasteiger charge is -2.05. The molecule has 2 rings (SSSR count). The van der Waals surface area contributed by atoms with Gasteiger partial charge in [0.2, 0.25) is 0 Å². The van der Waals surface area contributed by atoms with Gasteiger partial charge in [0, 0.05) is 30.6 Å². The Hall–Kier alpha value is -1.51. The summed E-state index contributed by atoms with van der Waals surface area (Å²) in [7, 11) is 1.71. The molecule has 0 spiro atoms. The van der Waals surface area contributed by atoms with E-state index >= 15 is 0 Å². The second-order valence-electron chi connectivity index (χ2n) is 3.97. The van der Waals surface area contributed by atoms with Crippen LogP contribution in [0.3, 0.4) is 0 Å². The fourth-order valence-corrected chi connectivity index (χ4v) is 1.96. The average molecular weight is 262 g/mol. The number of rotatable bonds is 5. The fourth-order valence-electron chi connectivity index (χ4n) is 1.76. The predicted octanol–water partition coefficient (Wildman–Crippen LogP) is 3.96. The summed E-state index contributed by atoms with van der Waals surface area (Å²) in [6.45, 7) is 1.56. The number of hydrogen-bond acceptors (Lipinski definition) is 1. The number of aromatic nitrogens is 1. The first-order valence-corrected chi connectivity index (χ1v) is 6.26. The van der Waals surface area contributed by atoms with Gasteiger partial charge in [-0.1, -0.05) is 35.9 Å². The molecule has 2 nitrogen and oxygen atoms in total. The van der Waals surface area contributed by atoms with Crippen LogP contribution in [0.25, 0.3) is 12.2 Å². The molecule has 0 saturated carbocycles. The third kappa shape index (κ3) is 3.25. The van der Waals surface area contributed by atoms with E-state index in [4.69, 9.17) is 16.3 Å². The molecule has 1 aromatic carbocycles. The maximum atomic E-state index is 6.11. The van der Waals surface area contributed by atoms with Crippen molar-refractivity contribution in [1.29, 1.82) is 0 Å². The number of nitrogens with zero attached hydrogens (tertiary/aromatic N) is 1. The molecule has 2 aromatic rings. The Labute approximate surface area is 112 Å². The van der Waals surface area contributed by atoms with Crippen molar-refractivity contribution in [2.24, 2.45) is 0 Å². The van der Waals surface area contributed by atoms with Gasteiger partial charge >= 0.3 is 0 Å². The minimum Gasteiger partial charge on any atom is -0.383 e. The fraction of sp³-hybridized carbons (Fsp3) is 0.200. The first kappa shape index (κ1) is 12.9. The molecule has 0 bridgehead atoms. The van der Waals surface area contributed by atoms with Crippen molar-refractivity contribution in [2.45, 2.75) is 6.54 Å². The zero-order valence-electron chi connectivity index (χ0n) is 10.3. The Balaban J connectivity index is 2.14. The SMILES string of the molecule is COCCn1cccc1/C=C/c1ccccc1Cl. The molecule has 1 heterocycles. The number of ether oxygens (including phenoxy) is 1. The van der Waals surface area contributed by atoms with E-state index in [0.29, 0.717) is 6.61 Å². The zero-order chi connectivity index (χ0) is 12.8. The highest BCUT2D eigenvalue weighted by Crippen LogP contribution is 2.18. The summed E-state index contributed by atoms with van der Waals surface area (Å²) in [6, 6.07) is 11.9. The van der Waals surface area contributed by atoms with E-state index in [9.17, 15) is 0 Å². The lowest BCUT2D eigenvalue weighted by molar-refractivity contribution is 0.187. The van der Waals surface area contributed by atoms with Crippen molar-refractivity contribution in [3.63, 3.8) is 0 Å². The van der Waals surface area contributed by atoms with Crippen molar-refractivity contribution in [1.82, 2.24) is 4.57 Å². The molecular weight excluding hydrogens is 246 g/mol. The molecule has 0 fully saturated rings. The van der Waals surface area contributed by atoms with E-state index in [0.717, 1.165) is 22.8 Å². The number of benzene rings is 1. The Bertz CT molecular complexity index is 531. The third-order valence-electron chi connectivity index (χ3n) is 2.74. The highest BCUT2D eigenvalue weighted by Gasteiger charge is 1.98. The minimum absolute atomic E-state index is 0.710. The highest BCUT2D eigenvalue weighted by atomic mass is 35.5. The zero-order valence-corrected chi connectivity index (χ0v) is 11.1. The van der Waals surface area contributed by atoms with E-state index in [1.54, 1.807) is 7.11 Å². The summed E-state index contributed by atoms with van der Waals surface area (Å²) in [4.78, 5) is 0. The Morgan fingerprint density at radius 1 is 1.17 bits per heavy atom. The summed E-state index contributed by atoms with van der Waals surface area (Å²) in [5.41, 5.74) is 2.17. The normalized spacial score (nSPS) is 11.2. The number of methoxy groups -OCH3 is 1. The second kappa shape index (κ2) is 6.43. The molecule has 0 aliphatic rings. The van der Waals surface area contributed by atoms with Gasteiger partial charge in [0.05, 0.1) is 6.61 Å². The summed E-state index contributed by atoms with van der Waals surface area (Å²) < 4.78 is 7.24. The summed E-state index contributed by atoms with van der Waals surface area (Å²) >= 11 is 6.11. The first-order chi connectivity index (χ1) is 8.81. The number of hydrogen-bond donors (Lipinski definition) is 0. The van der Waals surface area contributed by atoms with Crippen molar-refractivity contribution in [2.75, 3.05) is 13.7 Å². The maximum absolute atomic E-state index is 6.11. The highest BCUT2D eigenvalue weighted by molar-refractivity contribution is 6.32. The van der Waals surface area contributed by atoms with Gasteiger partial charge in [-0.05, 0) is 29.8 Å². The van der Waals surface area contributed by atoms with E-state index in [1.165, 1.54) is 0 Å². The van der Waals surface area contributed by atoms with Crippen LogP contribution >= 0.6 is 11.6 Å². The van der Waals surface area contributed by atoms with Gasteiger partial charge in [-0.3, -0.25) is 0 Å². The molecule has 0 atom stereocenters. The minimum atomic E-state index is 0.710. The van der Waals surface area contributed by atoms with E-state index in [-0.39, 0.29) is 0 Å². The first-order valence-electron chi connectivity index (χ1n) is 5.88. The number of halogens is 1. The molecule has 0 amide bonds. The van der Waals surface area contributed by atoms with Gasteiger partial charge in [0.1, 0.15) is 0 Å². The van der Waals surface area contributed by atoms with Crippen LogP contribution in [-0.4, -0.2) is 18.3 Å². The Morgan fingerprint density at radius 3 is 2.78 bits per heavy atom. The van der Waals surface area contributed by atoms with Gasteiger partial charge in [-0.2, -0.15) is 0 Å². The van der Waals surface area contributed by atoms with Crippen molar-refractivity contribution >= 4 is 23.8 Å². The predicted molar refractivity (Wildman–Crippen MR) is 76.7 cm³/mol. The molecule has 0 unspecified atom stereocenters. The van der Waals surface area contributed by atoms with Gasteiger partial charge in [-0.25, -0.2) is 0 Å². The molecule has 0 saturated heterocycles. The summed E-state index contributed by atoms with van der Waals surface area (Å²) in [6.07, 6.45) is 6.14. The molecule has 3 heteroatoms. The molecule has 1 aromatic heterocycles. The maximum Gasteiger partial charge on any atom is 0.0641 e. The monoisotopic (exact) mass is 261 g/mol. The van der Waals surface area contributed by atoms with Crippen LogP contribution in [0.4, 0.5) is 0 Å². The quantitative estimate of drug-likeness (QED) is 0.795. The summed E-state index contributed by atoms with van der Waals surface area (Å²) in [5, 5.41) is 0.767. The van der Waals surface area contributed by atoms with E-state index < -0.39 is 0 Å². The molecule has 0 N–H and O–H groups in total. The largest absolute Gasteiger partial charge is 0.383 e. The van der Waals surface area contributed by atoms with Crippen molar-refractivity contribution in [3.05, 3.63) is 58.9 Å². The van der Waals surface area contributed by atoms with Crippen LogP contribution < -0.4 is 0 Å². The van der Waals surface area contributed by atoms with Crippen LogP contribution in [0.2, 0.25) is 5.02 Å². The van der Waals surface area contributed by atoms with E-state index in [2.05, 4.69) is 16.7 Å². The second-order valence-corrected chi connectivity index (χ2v) is 4.38. The lowest BCUT2D eigenvalue weighted by atomic mass is 10.2. The van der Waals surface area contributed by atoms with Crippen LogP contribution in [0.1, 0.15) is 11.3 Å². The lowest BCUT2D eigenvalue weighted by Crippen LogP contribution is -2.04. The van der Waals surface area contributed by atoms with E-state index in [1.807, 2.05) is 42.6 Å². The molecule has 18 heavy (non-hydrogen) atoms. The topological polar surface area (TPSA) is 14.2 Å². The Kier molecular flexibility index (Phi) is 4.62. The molecular formula is C15H16ClNO. The molecule has 0 aliphatic heterocycles. The van der Waals surface area contributed by atoms with Crippen LogP contribution in [0.15, 0.2) is 42.6 Å². The van der Waals surface area contributed by atoms with Gasteiger partial charge in [0.15, 0.2) is 0 Å². The van der Waals surface area contributed by atoms with Gasteiger partial charge in [-0.15, -0.1) is 0 Å². The Morgan fingerprint density at radius 2 is 2.00 bits per heavy atom. The standard InChI is InChI=1S/C15H16ClNO/c1-18-12-11-17-10-4-6-14(17)9-8-13-5-2-3-7-15(13)16/h2-10H,11-12H2,1H3/b9-8+. The van der Waals surface area contributed by atoms with Crippen molar-refractivity contribution < 1.29 is 4.74 Å². The summed E-state index contributed by atoms with van der Waals surface area (Å²) in [5.74, 6) is 0. The smallest absolute Gasteiger partial charge is 0.0641 e. The van der Waals surface area contributed by atoms with Crippen LogP contribution in [0.5, 0.6) is 0 Å². The van der Waals surface area contributed by atoms with Gasteiger partial charge in [0.25, 0.3) is 0 Å². The third-order valence-corrected chi connectivity index (χ3v) is 3.08. The van der Waals surface area contributed by atoms with Crippen molar-refractivity contribution in [3.8, 4) is 0 Å². The molecule has 94 valence electrons. The van der Waals surface area contributed by atoms with Crippen LogP contribution in [0, 0.1) is 0 Å². The average Bonchev–Trinajstić information content (AvgIpc) is 2.83. The molecule has 0 aliphatic carbocycles.